The average Bonchev–Trinajstić information content (AvgIpc) is 2.43. The molecule has 2 N–H and O–H groups in total. The summed E-state index contributed by atoms with van der Waals surface area (Å²) in [5.41, 5.74) is 0.419. The summed E-state index contributed by atoms with van der Waals surface area (Å²) < 4.78 is 5.24. The highest BCUT2D eigenvalue weighted by Gasteiger charge is 2.36. The maximum absolute atomic E-state index is 5.24. The van der Waals surface area contributed by atoms with Gasteiger partial charge in [-0.2, -0.15) is 0 Å². The van der Waals surface area contributed by atoms with E-state index in [9.17, 15) is 0 Å². The zero-order chi connectivity index (χ0) is 15.7. The molecular formula is C16H34N4O. The predicted octanol–water partition coefficient (Wildman–Crippen LogP) is 1.70. The monoisotopic (exact) mass is 298 g/mol. The summed E-state index contributed by atoms with van der Waals surface area (Å²) in [5.74, 6) is 0.913. The summed E-state index contributed by atoms with van der Waals surface area (Å²) in [6.45, 7) is 8.21. The van der Waals surface area contributed by atoms with Crippen LogP contribution >= 0.6 is 0 Å². The topological polar surface area (TPSA) is 48.9 Å². The van der Waals surface area contributed by atoms with Gasteiger partial charge in [0.1, 0.15) is 0 Å². The lowest BCUT2D eigenvalue weighted by Gasteiger charge is -2.42. The molecule has 1 aliphatic carbocycles. The molecular weight excluding hydrogens is 264 g/mol. The van der Waals surface area contributed by atoms with Gasteiger partial charge in [-0.3, -0.25) is 4.99 Å². The number of nitrogens with one attached hydrogen (secondary N) is 2. The number of rotatable bonds is 9. The van der Waals surface area contributed by atoms with Crippen molar-refractivity contribution < 1.29 is 4.74 Å². The molecule has 0 aromatic heterocycles. The van der Waals surface area contributed by atoms with Crippen molar-refractivity contribution >= 4 is 5.96 Å². The SMILES string of the molecule is CN=C(NCCN(C)C(C)C)NCC1(CCOC)CCC1. The molecule has 0 atom stereocenters. The van der Waals surface area contributed by atoms with Gasteiger partial charge in [-0.15, -0.1) is 0 Å². The molecule has 0 spiro atoms. The van der Waals surface area contributed by atoms with E-state index >= 15 is 0 Å². The number of likely N-dealkylation sites (N-methyl/N-ethyl adjacent to an activating group) is 1. The van der Waals surface area contributed by atoms with Gasteiger partial charge in [-0.05, 0) is 45.6 Å². The molecule has 0 aromatic carbocycles. The highest BCUT2D eigenvalue weighted by atomic mass is 16.5. The lowest BCUT2D eigenvalue weighted by Crippen LogP contribution is -2.48. The Morgan fingerprint density at radius 3 is 2.52 bits per heavy atom. The second kappa shape index (κ2) is 9.26. The standard InChI is InChI=1S/C16H34N4O/c1-14(2)20(4)11-10-18-15(17-3)19-13-16(7-6-8-16)9-12-21-5/h14H,6-13H2,1-5H3,(H2,17,18,19). The zero-order valence-corrected chi connectivity index (χ0v) is 14.5. The van der Waals surface area contributed by atoms with E-state index in [-0.39, 0.29) is 0 Å². The van der Waals surface area contributed by atoms with Crippen LogP contribution in [0.5, 0.6) is 0 Å². The molecule has 0 aromatic rings. The van der Waals surface area contributed by atoms with E-state index in [2.05, 4.69) is 41.4 Å². The molecule has 21 heavy (non-hydrogen) atoms. The maximum Gasteiger partial charge on any atom is 0.191 e. The van der Waals surface area contributed by atoms with Gasteiger partial charge in [0.25, 0.3) is 0 Å². The Bertz CT molecular complexity index is 313. The largest absolute Gasteiger partial charge is 0.385 e. The Morgan fingerprint density at radius 1 is 1.33 bits per heavy atom. The number of aliphatic imine (C=N–C) groups is 1. The van der Waals surface area contributed by atoms with Crippen LogP contribution in [0.15, 0.2) is 4.99 Å². The summed E-state index contributed by atoms with van der Waals surface area (Å²) in [6.07, 6.45) is 5.09. The number of ether oxygens (including phenoxy) is 1. The first-order valence-electron chi connectivity index (χ1n) is 8.17. The van der Waals surface area contributed by atoms with Crippen LogP contribution in [0.25, 0.3) is 0 Å². The first kappa shape index (κ1) is 18.2. The van der Waals surface area contributed by atoms with Crippen molar-refractivity contribution in [3.63, 3.8) is 0 Å². The van der Waals surface area contributed by atoms with E-state index in [1.807, 2.05) is 7.05 Å². The van der Waals surface area contributed by atoms with Gasteiger partial charge < -0.3 is 20.3 Å². The average molecular weight is 298 g/mol. The van der Waals surface area contributed by atoms with Crippen molar-refractivity contribution in [1.29, 1.82) is 0 Å². The fourth-order valence-electron chi connectivity index (χ4n) is 2.61. The molecule has 1 saturated carbocycles. The van der Waals surface area contributed by atoms with Gasteiger partial charge in [0, 0.05) is 46.4 Å². The molecule has 1 rings (SSSR count). The minimum atomic E-state index is 0.419. The number of hydrogen-bond acceptors (Lipinski definition) is 3. The Hall–Kier alpha value is -0.810. The fraction of sp³-hybridized carbons (Fsp3) is 0.938. The van der Waals surface area contributed by atoms with Crippen LogP contribution in [-0.4, -0.2) is 64.3 Å². The number of guanidine groups is 1. The lowest BCUT2D eigenvalue weighted by molar-refractivity contribution is 0.0732. The van der Waals surface area contributed by atoms with Gasteiger partial charge in [-0.1, -0.05) is 6.42 Å². The summed E-state index contributed by atoms with van der Waals surface area (Å²) in [4.78, 5) is 6.64. The number of nitrogens with zero attached hydrogens (tertiary/aromatic N) is 2. The molecule has 0 radical (unpaired) electrons. The summed E-state index contributed by atoms with van der Waals surface area (Å²) in [7, 11) is 5.77. The van der Waals surface area contributed by atoms with E-state index in [1.165, 1.54) is 19.3 Å². The van der Waals surface area contributed by atoms with E-state index in [1.54, 1.807) is 7.11 Å². The molecule has 0 bridgehead atoms. The van der Waals surface area contributed by atoms with Crippen LogP contribution in [0.1, 0.15) is 39.5 Å². The van der Waals surface area contributed by atoms with Gasteiger partial charge in [0.15, 0.2) is 5.96 Å². The quantitative estimate of drug-likeness (QED) is 0.502. The van der Waals surface area contributed by atoms with Crippen LogP contribution in [0, 0.1) is 5.41 Å². The smallest absolute Gasteiger partial charge is 0.191 e. The Balaban J connectivity index is 2.27. The van der Waals surface area contributed by atoms with Crippen molar-refractivity contribution in [3.8, 4) is 0 Å². The van der Waals surface area contributed by atoms with Crippen LogP contribution < -0.4 is 10.6 Å². The molecule has 1 fully saturated rings. The third-order valence-corrected chi connectivity index (χ3v) is 4.74. The van der Waals surface area contributed by atoms with E-state index in [0.29, 0.717) is 11.5 Å². The summed E-state index contributed by atoms with van der Waals surface area (Å²) in [6, 6.07) is 0.578. The molecule has 124 valence electrons. The first-order chi connectivity index (χ1) is 10.0. The first-order valence-corrected chi connectivity index (χ1v) is 8.17. The van der Waals surface area contributed by atoms with Gasteiger partial charge in [0.2, 0.25) is 0 Å². The Labute approximate surface area is 130 Å². The number of hydrogen-bond donors (Lipinski definition) is 2. The van der Waals surface area contributed by atoms with Gasteiger partial charge in [-0.25, -0.2) is 0 Å². The molecule has 0 aliphatic heterocycles. The van der Waals surface area contributed by atoms with Gasteiger partial charge >= 0.3 is 0 Å². The van der Waals surface area contributed by atoms with Crippen LogP contribution in [-0.2, 0) is 4.74 Å². The Morgan fingerprint density at radius 2 is 2.05 bits per heavy atom. The highest BCUT2D eigenvalue weighted by Crippen LogP contribution is 2.43. The second-order valence-corrected chi connectivity index (χ2v) is 6.52. The van der Waals surface area contributed by atoms with Crippen LogP contribution in [0.4, 0.5) is 0 Å². The fourth-order valence-corrected chi connectivity index (χ4v) is 2.61. The molecule has 1 aliphatic rings. The highest BCUT2D eigenvalue weighted by molar-refractivity contribution is 5.79. The van der Waals surface area contributed by atoms with Crippen molar-refractivity contribution in [2.45, 2.75) is 45.6 Å². The molecule has 0 heterocycles. The van der Waals surface area contributed by atoms with E-state index < -0.39 is 0 Å². The second-order valence-electron chi connectivity index (χ2n) is 6.52. The number of methoxy groups -OCH3 is 1. The maximum atomic E-state index is 5.24. The van der Waals surface area contributed by atoms with Crippen molar-refractivity contribution in [3.05, 3.63) is 0 Å². The Kier molecular flexibility index (Phi) is 8.04. The summed E-state index contributed by atoms with van der Waals surface area (Å²) in [5, 5.41) is 6.89. The molecule has 5 heteroatoms. The van der Waals surface area contributed by atoms with Crippen LogP contribution in [0.3, 0.4) is 0 Å². The van der Waals surface area contributed by atoms with Crippen LogP contribution in [0.2, 0.25) is 0 Å². The zero-order valence-electron chi connectivity index (χ0n) is 14.5. The summed E-state index contributed by atoms with van der Waals surface area (Å²) >= 11 is 0. The normalized spacial score (nSPS) is 18.0. The minimum Gasteiger partial charge on any atom is -0.385 e. The lowest BCUT2D eigenvalue weighted by atomic mass is 9.67. The minimum absolute atomic E-state index is 0.419. The van der Waals surface area contributed by atoms with E-state index in [4.69, 9.17) is 4.74 Å². The van der Waals surface area contributed by atoms with Crippen molar-refractivity contribution in [2.75, 3.05) is 47.4 Å². The van der Waals surface area contributed by atoms with Gasteiger partial charge in [0.05, 0.1) is 0 Å². The molecule has 0 saturated heterocycles. The van der Waals surface area contributed by atoms with E-state index in [0.717, 1.165) is 38.6 Å². The molecule has 0 unspecified atom stereocenters. The van der Waals surface area contributed by atoms with Crippen molar-refractivity contribution in [1.82, 2.24) is 15.5 Å². The molecule has 5 nitrogen and oxygen atoms in total. The molecule has 0 amide bonds. The van der Waals surface area contributed by atoms with Crippen molar-refractivity contribution in [2.24, 2.45) is 10.4 Å². The third kappa shape index (κ3) is 6.22. The third-order valence-electron chi connectivity index (χ3n) is 4.74. The predicted molar refractivity (Wildman–Crippen MR) is 89.9 cm³/mol.